The second-order valence-corrected chi connectivity index (χ2v) is 6.63. The molecule has 1 fully saturated rings. The molecule has 3 heterocycles. The number of hydrogen-bond donors (Lipinski definition) is 1. The molecule has 0 spiro atoms. The summed E-state index contributed by atoms with van der Waals surface area (Å²) in [5.74, 6) is 3.28. The molecule has 0 amide bonds. The van der Waals surface area contributed by atoms with Gasteiger partial charge in [0.05, 0.1) is 0 Å². The Balaban J connectivity index is 1.70. The predicted molar refractivity (Wildman–Crippen MR) is 98.5 cm³/mol. The van der Waals surface area contributed by atoms with Crippen LogP contribution in [0.4, 0.5) is 11.6 Å². The molecular formula is C19H27N5. The first kappa shape index (κ1) is 16.7. The molecule has 2 aromatic heterocycles. The number of hydrogen-bond acceptors (Lipinski definition) is 5. The highest BCUT2D eigenvalue weighted by Gasteiger charge is 2.14. The van der Waals surface area contributed by atoms with Gasteiger partial charge in [-0.25, -0.2) is 15.0 Å². The minimum Gasteiger partial charge on any atom is -0.366 e. The predicted octanol–water partition coefficient (Wildman–Crippen LogP) is 3.91. The molecule has 0 aromatic carbocycles. The highest BCUT2D eigenvalue weighted by molar-refractivity contribution is 5.45. The summed E-state index contributed by atoms with van der Waals surface area (Å²) in [7, 11) is 0. The van der Waals surface area contributed by atoms with Crippen LogP contribution in [0, 0.1) is 6.92 Å². The topological polar surface area (TPSA) is 53.9 Å². The van der Waals surface area contributed by atoms with Gasteiger partial charge >= 0.3 is 0 Å². The van der Waals surface area contributed by atoms with Crippen LogP contribution in [0.2, 0.25) is 0 Å². The van der Waals surface area contributed by atoms with E-state index in [-0.39, 0.29) is 0 Å². The van der Waals surface area contributed by atoms with E-state index in [1.165, 1.54) is 18.4 Å². The molecule has 0 bridgehead atoms. The van der Waals surface area contributed by atoms with Crippen LogP contribution in [-0.4, -0.2) is 28.0 Å². The summed E-state index contributed by atoms with van der Waals surface area (Å²) in [6, 6.07) is 6.27. The molecule has 3 rings (SSSR count). The fraction of sp³-hybridized carbons (Fsp3) is 0.526. The van der Waals surface area contributed by atoms with Gasteiger partial charge in [-0.1, -0.05) is 13.8 Å². The Hall–Kier alpha value is -2.17. The first-order valence-electron chi connectivity index (χ1n) is 8.95. The largest absolute Gasteiger partial charge is 0.366 e. The molecule has 1 N–H and O–H groups in total. The zero-order valence-electron chi connectivity index (χ0n) is 14.9. The number of nitrogens with zero attached hydrogens (tertiary/aromatic N) is 4. The molecule has 24 heavy (non-hydrogen) atoms. The van der Waals surface area contributed by atoms with Crippen LogP contribution in [0.15, 0.2) is 24.4 Å². The van der Waals surface area contributed by atoms with Crippen molar-refractivity contribution in [2.24, 2.45) is 0 Å². The van der Waals surface area contributed by atoms with Crippen LogP contribution in [0.3, 0.4) is 0 Å². The molecule has 0 radical (unpaired) electrons. The SMILES string of the molecule is CCC(C)c1nccc(NCc2cc(C)nc(N3CCCC3)c2)n1. The van der Waals surface area contributed by atoms with Gasteiger partial charge < -0.3 is 10.2 Å². The molecule has 1 saturated heterocycles. The molecule has 5 nitrogen and oxygen atoms in total. The summed E-state index contributed by atoms with van der Waals surface area (Å²) in [5, 5.41) is 3.43. The lowest BCUT2D eigenvalue weighted by atomic mass is 10.1. The maximum Gasteiger partial charge on any atom is 0.133 e. The van der Waals surface area contributed by atoms with Gasteiger partial charge in [0.1, 0.15) is 17.5 Å². The smallest absolute Gasteiger partial charge is 0.133 e. The lowest BCUT2D eigenvalue weighted by Crippen LogP contribution is -2.19. The van der Waals surface area contributed by atoms with E-state index in [0.717, 1.165) is 49.2 Å². The van der Waals surface area contributed by atoms with E-state index in [9.17, 15) is 0 Å². The molecule has 0 saturated carbocycles. The van der Waals surface area contributed by atoms with Crippen molar-refractivity contribution in [2.75, 3.05) is 23.3 Å². The van der Waals surface area contributed by atoms with Gasteiger partial charge in [-0.3, -0.25) is 0 Å². The third-order valence-electron chi connectivity index (χ3n) is 4.63. The molecule has 1 unspecified atom stereocenters. The molecular weight excluding hydrogens is 298 g/mol. The van der Waals surface area contributed by atoms with Crippen molar-refractivity contribution in [1.29, 1.82) is 0 Å². The van der Waals surface area contributed by atoms with Crippen molar-refractivity contribution < 1.29 is 0 Å². The van der Waals surface area contributed by atoms with Crippen molar-refractivity contribution in [1.82, 2.24) is 15.0 Å². The zero-order chi connectivity index (χ0) is 16.9. The quantitative estimate of drug-likeness (QED) is 0.873. The van der Waals surface area contributed by atoms with Crippen LogP contribution in [-0.2, 0) is 6.54 Å². The normalized spacial score (nSPS) is 15.5. The van der Waals surface area contributed by atoms with Crippen molar-refractivity contribution in [3.8, 4) is 0 Å². The van der Waals surface area contributed by atoms with E-state index in [0.29, 0.717) is 5.92 Å². The number of pyridine rings is 1. The second kappa shape index (κ2) is 7.60. The Morgan fingerprint density at radius 1 is 1.21 bits per heavy atom. The van der Waals surface area contributed by atoms with E-state index < -0.39 is 0 Å². The number of nitrogens with one attached hydrogen (secondary N) is 1. The Kier molecular flexibility index (Phi) is 5.28. The third kappa shape index (κ3) is 4.02. The standard InChI is InChI=1S/C19H27N5/c1-4-14(2)19-20-8-7-17(23-19)21-13-16-11-15(3)22-18(12-16)24-9-5-6-10-24/h7-8,11-12,14H,4-6,9-10,13H2,1-3H3,(H,20,21,23). The fourth-order valence-corrected chi connectivity index (χ4v) is 3.02. The highest BCUT2D eigenvalue weighted by atomic mass is 15.2. The molecule has 0 aliphatic carbocycles. The van der Waals surface area contributed by atoms with Gasteiger partial charge in [0.2, 0.25) is 0 Å². The maximum atomic E-state index is 4.69. The summed E-state index contributed by atoms with van der Waals surface area (Å²) in [6.45, 7) is 9.37. The Labute approximate surface area is 144 Å². The first-order valence-corrected chi connectivity index (χ1v) is 8.95. The van der Waals surface area contributed by atoms with Crippen LogP contribution < -0.4 is 10.2 Å². The lowest BCUT2D eigenvalue weighted by Gasteiger charge is -2.18. The number of anilines is 2. The molecule has 2 aromatic rings. The molecule has 1 aliphatic heterocycles. The highest BCUT2D eigenvalue weighted by Crippen LogP contribution is 2.21. The Morgan fingerprint density at radius 3 is 2.75 bits per heavy atom. The minimum atomic E-state index is 0.386. The monoisotopic (exact) mass is 325 g/mol. The molecule has 128 valence electrons. The zero-order valence-corrected chi connectivity index (χ0v) is 14.9. The van der Waals surface area contributed by atoms with E-state index in [1.54, 1.807) is 0 Å². The average molecular weight is 325 g/mol. The van der Waals surface area contributed by atoms with Gasteiger partial charge in [0.15, 0.2) is 0 Å². The van der Waals surface area contributed by atoms with Gasteiger partial charge in [-0.05, 0) is 49.9 Å². The number of aryl methyl sites for hydroxylation is 1. The molecule has 1 aliphatic rings. The van der Waals surface area contributed by atoms with Crippen molar-refractivity contribution in [2.45, 2.75) is 52.5 Å². The van der Waals surface area contributed by atoms with Crippen molar-refractivity contribution >= 4 is 11.6 Å². The van der Waals surface area contributed by atoms with Crippen molar-refractivity contribution in [3.05, 3.63) is 41.5 Å². The molecule has 1 atom stereocenters. The van der Waals surface area contributed by atoms with Crippen molar-refractivity contribution in [3.63, 3.8) is 0 Å². The first-order chi connectivity index (χ1) is 11.7. The third-order valence-corrected chi connectivity index (χ3v) is 4.63. The van der Waals surface area contributed by atoms with Gasteiger partial charge in [-0.2, -0.15) is 0 Å². The van der Waals surface area contributed by atoms with E-state index in [1.807, 2.05) is 12.3 Å². The van der Waals surface area contributed by atoms with Crippen LogP contribution in [0.1, 0.15) is 56.1 Å². The summed E-state index contributed by atoms with van der Waals surface area (Å²) in [4.78, 5) is 16.1. The summed E-state index contributed by atoms with van der Waals surface area (Å²) in [6.07, 6.45) is 5.42. The van der Waals surface area contributed by atoms with E-state index >= 15 is 0 Å². The maximum absolute atomic E-state index is 4.69. The minimum absolute atomic E-state index is 0.386. The van der Waals surface area contributed by atoms with E-state index in [4.69, 9.17) is 4.98 Å². The van der Waals surface area contributed by atoms with Gasteiger partial charge in [0.25, 0.3) is 0 Å². The molecule has 5 heteroatoms. The van der Waals surface area contributed by atoms with Crippen LogP contribution in [0.5, 0.6) is 0 Å². The van der Waals surface area contributed by atoms with E-state index in [2.05, 4.69) is 53.1 Å². The summed E-state index contributed by atoms with van der Waals surface area (Å²) < 4.78 is 0. The van der Waals surface area contributed by atoms with Gasteiger partial charge in [0, 0.05) is 37.4 Å². The summed E-state index contributed by atoms with van der Waals surface area (Å²) in [5.41, 5.74) is 2.31. The lowest BCUT2D eigenvalue weighted by molar-refractivity contribution is 0.679. The fourth-order valence-electron chi connectivity index (χ4n) is 3.02. The Bertz CT molecular complexity index is 679. The van der Waals surface area contributed by atoms with Crippen LogP contribution in [0.25, 0.3) is 0 Å². The second-order valence-electron chi connectivity index (χ2n) is 6.63. The average Bonchev–Trinajstić information content (AvgIpc) is 3.14. The number of aromatic nitrogens is 3. The van der Waals surface area contributed by atoms with Gasteiger partial charge in [-0.15, -0.1) is 0 Å². The summed E-state index contributed by atoms with van der Waals surface area (Å²) >= 11 is 0. The number of rotatable bonds is 6. The van der Waals surface area contributed by atoms with Crippen LogP contribution >= 0.6 is 0 Å². The Morgan fingerprint density at radius 2 is 2.00 bits per heavy atom.